The molecule has 54 valence electrons. The van der Waals surface area contributed by atoms with Crippen molar-refractivity contribution in [1.29, 1.82) is 0 Å². The standard InChI is InChI=1S/C7H6BrIO/c1-4-2-5(10)3-6(8)7(4)9/h2-3,10H,1H3. The fourth-order valence-corrected chi connectivity index (χ4v) is 1.57. The Kier molecular flexibility index (Phi) is 2.57. The summed E-state index contributed by atoms with van der Waals surface area (Å²) in [6.45, 7) is 1.96. The molecule has 0 atom stereocenters. The lowest BCUT2D eigenvalue weighted by Gasteiger charge is -2.00. The molecule has 1 N–H and O–H groups in total. The average Bonchev–Trinajstić information content (AvgIpc) is 1.82. The van der Waals surface area contributed by atoms with Crippen LogP contribution in [-0.2, 0) is 0 Å². The van der Waals surface area contributed by atoms with Gasteiger partial charge in [-0.1, -0.05) is 0 Å². The van der Waals surface area contributed by atoms with Crippen molar-refractivity contribution in [2.24, 2.45) is 0 Å². The lowest BCUT2D eigenvalue weighted by Crippen LogP contribution is -1.80. The van der Waals surface area contributed by atoms with E-state index in [1.54, 1.807) is 12.1 Å². The van der Waals surface area contributed by atoms with E-state index < -0.39 is 0 Å². The van der Waals surface area contributed by atoms with E-state index in [1.807, 2.05) is 6.92 Å². The normalized spacial score (nSPS) is 9.90. The molecule has 1 aromatic carbocycles. The number of benzene rings is 1. The lowest BCUT2D eigenvalue weighted by atomic mass is 10.2. The van der Waals surface area contributed by atoms with Crippen LogP contribution in [-0.4, -0.2) is 5.11 Å². The first-order valence-corrected chi connectivity index (χ1v) is 4.63. The molecule has 0 radical (unpaired) electrons. The molecular weight excluding hydrogens is 307 g/mol. The molecule has 3 heteroatoms. The Hall–Kier alpha value is 0.230. The highest BCUT2D eigenvalue weighted by Gasteiger charge is 2.00. The van der Waals surface area contributed by atoms with Crippen LogP contribution in [0.15, 0.2) is 16.6 Å². The first kappa shape index (κ1) is 8.33. The van der Waals surface area contributed by atoms with Gasteiger partial charge >= 0.3 is 0 Å². The van der Waals surface area contributed by atoms with Crippen molar-refractivity contribution in [3.8, 4) is 5.75 Å². The molecule has 0 unspecified atom stereocenters. The average molecular weight is 313 g/mol. The summed E-state index contributed by atoms with van der Waals surface area (Å²) >= 11 is 5.56. The van der Waals surface area contributed by atoms with E-state index in [-0.39, 0.29) is 0 Å². The van der Waals surface area contributed by atoms with Gasteiger partial charge in [0.25, 0.3) is 0 Å². The van der Waals surface area contributed by atoms with Crippen LogP contribution in [0.4, 0.5) is 0 Å². The predicted molar refractivity (Wildman–Crippen MR) is 53.3 cm³/mol. The van der Waals surface area contributed by atoms with Crippen LogP contribution >= 0.6 is 38.5 Å². The van der Waals surface area contributed by atoms with E-state index in [9.17, 15) is 0 Å². The van der Waals surface area contributed by atoms with E-state index >= 15 is 0 Å². The Balaban J connectivity index is 3.31. The third kappa shape index (κ3) is 1.63. The summed E-state index contributed by atoms with van der Waals surface area (Å²) in [4.78, 5) is 0. The highest BCUT2D eigenvalue weighted by molar-refractivity contribution is 14.1. The lowest BCUT2D eigenvalue weighted by molar-refractivity contribution is 0.474. The van der Waals surface area contributed by atoms with Gasteiger partial charge in [-0.05, 0) is 63.1 Å². The predicted octanol–water partition coefficient (Wildman–Crippen LogP) is 3.07. The summed E-state index contributed by atoms with van der Waals surface area (Å²) in [5.41, 5.74) is 1.09. The molecule has 0 fully saturated rings. The maximum Gasteiger partial charge on any atom is 0.117 e. The zero-order chi connectivity index (χ0) is 7.72. The quantitative estimate of drug-likeness (QED) is 0.730. The number of halogens is 2. The Morgan fingerprint density at radius 1 is 1.50 bits per heavy atom. The number of hydrogen-bond acceptors (Lipinski definition) is 1. The van der Waals surface area contributed by atoms with Gasteiger partial charge < -0.3 is 5.11 Å². The van der Waals surface area contributed by atoms with E-state index in [2.05, 4.69) is 38.5 Å². The molecule has 0 heterocycles. The van der Waals surface area contributed by atoms with Crippen LogP contribution in [0.3, 0.4) is 0 Å². The number of phenols is 1. The van der Waals surface area contributed by atoms with E-state index in [0.29, 0.717) is 5.75 Å². The van der Waals surface area contributed by atoms with Gasteiger partial charge in [0.05, 0.1) is 0 Å². The summed E-state index contributed by atoms with van der Waals surface area (Å²) < 4.78 is 2.10. The van der Waals surface area contributed by atoms with Crippen LogP contribution < -0.4 is 0 Å². The van der Waals surface area contributed by atoms with E-state index in [4.69, 9.17) is 5.11 Å². The van der Waals surface area contributed by atoms with Gasteiger partial charge in [0, 0.05) is 8.04 Å². The molecule has 1 aromatic rings. The van der Waals surface area contributed by atoms with Gasteiger partial charge in [0.15, 0.2) is 0 Å². The Morgan fingerprint density at radius 3 is 2.60 bits per heavy atom. The zero-order valence-electron chi connectivity index (χ0n) is 5.36. The zero-order valence-corrected chi connectivity index (χ0v) is 9.10. The van der Waals surface area contributed by atoms with Gasteiger partial charge in [-0.3, -0.25) is 0 Å². The Morgan fingerprint density at radius 2 is 2.10 bits per heavy atom. The molecule has 0 aliphatic carbocycles. The molecule has 0 saturated heterocycles. The van der Waals surface area contributed by atoms with Crippen LogP contribution in [0, 0.1) is 10.5 Å². The minimum atomic E-state index is 0.310. The smallest absolute Gasteiger partial charge is 0.117 e. The van der Waals surface area contributed by atoms with Crippen molar-refractivity contribution in [2.75, 3.05) is 0 Å². The maximum absolute atomic E-state index is 9.09. The fourth-order valence-electron chi connectivity index (χ4n) is 0.708. The number of aryl methyl sites for hydroxylation is 1. The van der Waals surface area contributed by atoms with Crippen LogP contribution in [0.2, 0.25) is 0 Å². The van der Waals surface area contributed by atoms with Gasteiger partial charge in [0.1, 0.15) is 5.75 Å². The Bertz CT molecular complexity index is 237. The molecule has 10 heavy (non-hydrogen) atoms. The second-order valence-corrected chi connectivity index (χ2v) is 3.99. The monoisotopic (exact) mass is 312 g/mol. The van der Waals surface area contributed by atoms with Crippen LogP contribution in [0.5, 0.6) is 5.75 Å². The van der Waals surface area contributed by atoms with Gasteiger partial charge in [-0.15, -0.1) is 0 Å². The highest BCUT2D eigenvalue weighted by Crippen LogP contribution is 2.26. The molecule has 0 bridgehead atoms. The third-order valence-electron chi connectivity index (χ3n) is 1.19. The number of rotatable bonds is 0. The van der Waals surface area contributed by atoms with Crippen LogP contribution in [0.1, 0.15) is 5.56 Å². The van der Waals surface area contributed by atoms with Crippen molar-refractivity contribution in [2.45, 2.75) is 6.92 Å². The Labute approximate surface area is 81.7 Å². The summed E-state index contributed by atoms with van der Waals surface area (Å²) in [5, 5.41) is 9.09. The minimum Gasteiger partial charge on any atom is -0.508 e. The van der Waals surface area contributed by atoms with Crippen molar-refractivity contribution in [1.82, 2.24) is 0 Å². The number of aromatic hydroxyl groups is 1. The summed E-state index contributed by atoms with van der Waals surface area (Å²) in [6.07, 6.45) is 0. The second kappa shape index (κ2) is 3.09. The second-order valence-electron chi connectivity index (χ2n) is 2.06. The molecule has 0 amide bonds. The molecule has 0 aliphatic heterocycles. The third-order valence-corrected chi connectivity index (χ3v) is 3.99. The molecule has 1 nitrogen and oxygen atoms in total. The SMILES string of the molecule is Cc1cc(O)cc(Br)c1I. The van der Waals surface area contributed by atoms with Crippen molar-refractivity contribution >= 4 is 38.5 Å². The van der Waals surface area contributed by atoms with E-state index in [1.165, 1.54) is 0 Å². The first-order chi connectivity index (χ1) is 4.61. The highest BCUT2D eigenvalue weighted by atomic mass is 127. The van der Waals surface area contributed by atoms with Gasteiger partial charge in [-0.25, -0.2) is 0 Å². The van der Waals surface area contributed by atoms with Crippen molar-refractivity contribution in [3.05, 3.63) is 25.7 Å². The molecule has 1 rings (SSSR count). The molecule has 0 spiro atoms. The van der Waals surface area contributed by atoms with Gasteiger partial charge in [0.2, 0.25) is 0 Å². The van der Waals surface area contributed by atoms with Crippen molar-refractivity contribution < 1.29 is 5.11 Å². The molecule has 0 aliphatic rings. The largest absolute Gasteiger partial charge is 0.508 e. The number of phenolic OH excluding ortho intramolecular Hbond substituents is 1. The fraction of sp³-hybridized carbons (Fsp3) is 0.143. The molecule has 0 aromatic heterocycles. The van der Waals surface area contributed by atoms with Gasteiger partial charge in [-0.2, -0.15) is 0 Å². The summed E-state index contributed by atoms with van der Waals surface area (Å²) in [6, 6.07) is 3.43. The minimum absolute atomic E-state index is 0.310. The van der Waals surface area contributed by atoms with Crippen LogP contribution in [0.25, 0.3) is 0 Å². The topological polar surface area (TPSA) is 20.2 Å². The first-order valence-electron chi connectivity index (χ1n) is 2.76. The maximum atomic E-state index is 9.09. The molecular formula is C7H6BrIO. The summed E-state index contributed by atoms with van der Waals surface area (Å²) in [5.74, 6) is 0.310. The van der Waals surface area contributed by atoms with E-state index in [0.717, 1.165) is 13.6 Å². The van der Waals surface area contributed by atoms with Crippen molar-refractivity contribution in [3.63, 3.8) is 0 Å². The summed E-state index contributed by atoms with van der Waals surface area (Å²) in [7, 11) is 0. The number of hydrogen-bond donors (Lipinski definition) is 1. The molecule has 0 saturated carbocycles.